The van der Waals surface area contributed by atoms with Gasteiger partial charge in [-0.1, -0.05) is 31.2 Å². The maximum Gasteiger partial charge on any atom is 0.439 e. The highest BCUT2D eigenvalue weighted by Crippen LogP contribution is 2.41. The first-order valence-corrected chi connectivity index (χ1v) is 6.57. The van der Waals surface area contributed by atoms with Gasteiger partial charge in [-0.15, -0.1) is 0 Å². The quantitative estimate of drug-likeness (QED) is 0.912. The summed E-state index contributed by atoms with van der Waals surface area (Å²) in [5.74, 6) is 0. The van der Waals surface area contributed by atoms with Crippen molar-refractivity contribution in [2.45, 2.75) is 31.7 Å². The molecular weight excluding hydrogens is 301 g/mol. The standard InChI is InChI=1S/C14H15F3N2O3/c1-3-9-4-6-10(7-5-9)11-8-13(21,14(15,16)17)19(18-11)12(20)22-2/h4-7,21H,3,8H2,1-2H3/t13-/m0/s1. The van der Waals surface area contributed by atoms with Crippen LogP contribution in [0, 0.1) is 0 Å². The van der Waals surface area contributed by atoms with Crippen molar-refractivity contribution in [3.05, 3.63) is 35.4 Å². The van der Waals surface area contributed by atoms with Crippen molar-refractivity contribution in [3.63, 3.8) is 0 Å². The van der Waals surface area contributed by atoms with E-state index in [4.69, 9.17) is 0 Å². The molecule has 8 heteroatoms. The lowest BCUT2D eigenvalue weighted by molar-refractivity contribution is -0.299. The molecule has 0 aromatic heterocycles. The average Bonchev–Trinajstić information content (AvgIpc) is 2.85. The summed E-state index contributed by atoms with van der Waals surface area (Å²) in [5.41, 5.74) is -2.02. The van der Waals surface area contributed by atoms with E-state index < -0.39 is 24.4 Å². The van der Waals surface area contributed by atoms with Crippen LogP contribution in [0.15, 0.2) is 29.4 Å². The molecular formula is C14H15F3N2O3. The predicted molar refractivity (Wildman–Crippen MR) is 72.2 cm³/mol. The molecule has 0 saturated carbocycles. The lowest BCUT2D eigenvalue weighted by Gasteiger charge is -2.31. The Labute approximate surface area is 125 Å². The van der Waals surface area contributed by atoms with Crippen LogP contribution in [-0.2, 0) is 11.2 Å². The Balaban J connectivity index is 2.40. The normalized spacial score (nSPS) is 21.7. The molecule has 1 N–H and O–H groups in total. The molecule has 1 atom stereocenters. The van der Waals surface area contributed by atoms with Crippen molar-refractivity contribution in [2.75, 3.05) is 7.11 Å². The summed E-state index contributed by atoms with van der Waals surface area (Å²) >= 11 is 0. The number of hydrogen-bond acceptors (Lipinski definition) is 4. The van der Waals surface area contributed by atoms with Crippen molar-refractivity contribution < 1.29 is 27.8 Å². The second-order valence-electron chi connectivity index (χ2n) is 4.87. The van der Waals surface area contributed by atoms with Crippen LogP contribution in [0.2, 0.25) is 0 Å². The Bertz CT molecular complexity index is 598. The summed E-state index contributed by atoms with van der Waals surface area (Å²) in [6.07, 6.45) is -6.50. The fraction of sp³-hybridized carbons (Fsp3) is 0.429. The monoisotopic (exact) mass is 316 g/mol. The van der Waals surface area contributed by atoms with Gasteiger partial charge >= 0.3 is 12.3 Å². The van der Waals surface area contributed by atoms with Gasteiger partial charge in [0.25, 0.3) is 5.72 Å². The number of aliphatic hydroxyl groups is 1. The first-order valence-electron chi connectivity index (χ1n) is 6.57. The maximum atomic E-state index is 13.1. The van der Waals surface area contributed by atoms with Gasteiger partial charge in [-0.3, -0.25) is 0 Å². The van der Waals surface area contributed by atoms with Crippen molar-refractivity contribution in [2.24, 2.45) is 5.10 Å². The van der Waals surface area contributed by atoms with Gasteiger partial charge in [-0.2, -0.15) is 23.3 Å². The molecule has 5 nitrogen and oxygen atoms in total. The number of hydrogen-bond donors (Lipinski definition) is 1. The zero-order chi connectivity index (χ0) is 16.5. The summed E-state index contributed by atoms with van der Waals surface area (Å²) in [6.45, 7) is 1.95. The number of rotatable bonds is 2. The maximum absolute atomic E-state index is 13.1. The minimum absolute atomic E-state index is 0.0344. The summed E-state index contributed by atoms with van der Waals surface area (Å²) in [5, 5.41) is 13.5. The molecule has 0 radical (unpaired) electrons. The Morgan fingerprint density at radius 3 is 2.45 bits per heavy atom. The molecule has 1 heterocycles. The minimum Gasteiger partial charge on any atom is -0.451 e. The fourth-order valence-electron chi connectivity index (χ4n) is 2.14. The third kappa shape index (κ3) is 2.66. The lowest BCUT2D eigenvalue weighted by atomic mass is 9.99. The van der Waals surface area contributed by atoms with Gasteiger partial charge in [0.2, 0.25) is 0 Å². The van der Waals surface area contributed by atoms with Gasteiger partial charge in [-0.05, 0) is 17.5 Å². The molecule has 1 aromatic carbocycles. The number of halogens is 3. The van der Waals surface area contributed by atoms with E-state index in [1.807, 2.05) is 6.92 Å². The number of benzene rings is 1. The zero-order valence-corrected chi connectivity index (χ0v) is 12.0. The van der Waals surface area contributed by atoms with E-state index in [1.165, 1.54) is 0 Å². The first kappa shape index (κ1) is 16.3. The molecule has 0 fully saturated rings. The topological polar surface area (TPSA) is 62.1 Å². The number of nitrogens with zero attached hydrogens (tertiary/aromatic N) is 2. The molecule has 120 valence electrons. The van der Waals surface area contributed by atoms with Gasteiger partial charge in [-0.25, -0.2) is 4.79 Å². The van der Waals surface area contributed by atoms with Crippen molar-refractivity contribution >= 4 is 11.8 Å². The van der Waals surface area contributed by atoms with Gasteiger partial charge in [0.05, 0.1) is 19.2 Å². The van der Waals surface area contributed by atoms with Crippen LogP contribution in [0.5, 0.6) is 0 Å². The number of carbonyl (C=O) groups is 1. The number of alkyl halides is 3. The number of aryl methyl sites for hydroxylation is 1. The largest absolute Gasteiger partial charge is 0.451 e. The van der Waals surface area contributed by atoms with E-state index >= 15 is 0 Å². The Morgan fingerprint density at radius 2 is 2.00 bits per heavy atom. The Hall–Kier alpha value is -2.09. The van der Waals surface area contributed by atoms with Gasteiger partial charge in [0.1, 0.15) is 0 Å². The first-order chi connectivity index (χ1) is 10.2. The van der Waals surface area contributed by atoms with E-state index in [1.54, 1.807) is 24.3 Å². The summed E-state index contributed by atoms with van der Waals surface area (Å²) in [7, 11) is 0.919. The number of ether oxygens (including phenoxy) is 1. The van der Waals surface area contributed by atoms with Crippen LogP contribution in [0.25, 0.3) is 0 Å². The van der Waals surface area contributed by atoms with Gasteiger partial charge in [0.15, 0.2) is 0 Å². The SMILES string of the molecule is CCc1ccc(C2=NN(C(=O)OC)[C@@](O)(C(F)(F)F)C2)cc1. The van der Waals surface area contributed by atoms with E-state index in [-0.39, 0.29) is 10.7 Å². The highest BCUT2D eigenvalue weighted by molar-refractivity contribution is 6.03. The van der Waals surface area contributed by atoms with Crippen molar-refractivity contribution in [1.29, 1.82) is 0 Å². The molecule has 0 spiro atoms. The van der Waals surface area contributed by atoms with E-state index in [0.29, 0.717) is 5.56 Å². The molecule has 0 saturated heterocycles. The van der Waals surface area contributed by atoms with Crippen LogP contribution >= 0.6 is 0 Å². The second kappa shape index (κ2) is 5.60. The third-order valence-electron chi connectivity index (χ3n) is 3.48. The molecule has 1 aliphatic rings. The molecule has 1 amide bonds. The van der Waals surface area contributed by atoms with E-state index in [9.17, 15) is 23.1 Å². The average molecular weight is 316 g/mol. The molecule has 1 aliphatic heterocycles. The van der Waals surface area contributed by atoms with Crippen molar-refractivity contribution in [3.8, 4) is 0 Å². The minimum atomic E-state index is -5.06. The number of carbonyl (C=O) groups excluding carboxylic acids is 1. The van der Waals surface area contributed by atoms with Crippen LogP contribution in [0.4, 0.5) is 18.0 Å². The van der Waals surface area contributed by atoms with E-state index in [0.717, 1.165) is 19.1 Å². The molecule has 1 aromatic rings. The number of hydrazone groups is 1. The van der Waals surface area contributed by atoms with Crippen LogP contribution in [-0.4, -0.2) is 40.9 Å². The summed E-state index contributed by atoms with van der Waals surface area (Å²) in [6, 6.07) is 6.72. The van der Waals surface area contributed by atoms with Gasteiger partial charge < -0.3 is 9.84 Å². The third-order valence-corrected chi connectivity index (χ3v) is 3.48. The van der Waals surface area contributed by atoms with Crippen LogP contribution in [0.3, 0.4) is 0 Å². The zero-order valence-electron chi connectivity index (χ0n) is 12.0. The molecule has 2 rings (SSSR count). The number of amides is 1. The van der Waals surface area contributed by atoms with Crippen LogP contribution < -0.4 is 0 Å². The molecule has 0 unspecified atom stereocenters. The summed E-state index contributed by atoms with van der Waals surface area (Å²) in [4.78, 5) is 11.5. The Morgan fingerprint density at radius 1 is 1.41 bits per heavy atom. The smallest absolute Gasteiger partial charge is 0.439 e. The predicted octanol–water partition coefficient (Wildman–Crippen LogP) is 2.68. The van der Waals surface area contributed by atoms with Gasteiger partial charge in [0, 0.05) is 0 Å². The second-order valence-corrected chi connectivity index (χ2v) is 4.87. The van der Waals surface area contributed by atoms with Crippen molar-refractivity contribution in [1.82, 2.24) is 5.01 Å². The van der Waals surface area contributed by atoms with Crippen LogP contribution in [0.1, 0.15) is 24.5 Å². The summed E-state index contributed by atoms with van der Waals surface area (Å²) < 4.78 is 43.6. The highest BCUT2D eigenvalue weighted by Gasteiger charge is 2.63. The Kier molecular flexibility index (Phi) is 4.15. The molecule has 0 aliphatic carbocycles. The fourth-order valence-corrected chi connectivity index (χ4v) is 2.14. The lowest BCUT2D eigenvalue weighted by Crippen LogP contribution is -2.56. The van der Waals surface area contributed by atoms with E-state index in [2.05, 4.69) is 9.84 Å². The molecule has 22 heavy (non-hydrogen) atoms. The highest BCUT2D eigenvalue weighted by atomic mass is 19.4. The molecule has 0 bridgehead atoms. The number of methoxy groups -OCH3 is 1.